The quantitative estimate of drug-likeness (QED) is 0.531. The van der Waals surface area contributed by atoms with E-state index in [4.69, 9.17) is 0 Å². The second-order valence-corrected chi connectivity index (χ2v) is 8.43. The maximum Gasteiger partial charge on any atom is 0.130 e. The van der Waals surface area contributed by atoms with Crippen LogP contribution in [0, 0.1) is 12.8 Å². The predicted octanol–water partition coefficient (Wildman–Crippen LogP) is 7.50. The fourth-order valence-electron chi connectivity index (χ4n) is 4.47. The number of allylic oxidation sites excluding steroid dienone is 4. The number of hydrogen-bond acceptors (Lipinski definition) is 0. The molecule has 0 aromatic heterocycles. The summed E-state index contributed by atoms with van der Waals surface area (Å²) >= 11 is 0. The van der Waals surface area contributed by atoms with Crippen molar-refractivity contribution in [2.45, 2.75) is 58.0 Å². The molecule has 0 spiro atoms. The third kappa shape index (κ3) is 4.08. The Morgan fingerprint density at radius 3 is 2.04 bits per heavy atom. The van der Waals surface area contributed by atoms with Crippen LogP contribution in [0.2, 0.25) is 0 Å². The molecule has 2 aromatic rings. The van der Waals surface area contributed by atoms with Gasteiger partial charge >= 0.3 is 0 Å². The lowest BCUT2D eigenvalue weighted by Gasteiger charge is -2.26. The Labute approximate surface area is 162 Å². The number of aryl methyl sites for hydroxylation is 1. The van der Waals surface area contributed by atoms with Crippen molar-refractivity contribution < 1.29 is 4.39 Å². The van der Waals surface area contributed by atoms with Crippen LogP contribution in [0.5, 0.6) is 0 Å². The molecule has 4 rings (SSSR count). The monoisotopic (exact) mass is 360 g/mol. The molecular weight excluding hydrogens is 331 g/mol. The maximum absolute atomic E-state index is 14.9. The summed E-state index contributed by atoms with van der Waals surface area (Å²) in [6.07, 6.45) is 8.87. The van der Waals surface area contributed by atoms with Gasteiger partial charge in [0, 0.05) is 6.42 Å². The van der Waals surface area contributed by atoms with Crippen LogP contribution in [0.4, 0.5) is 4.39 Å². The van der Waals surface area contributed by atoms with Crippen molar-refractivity contribution in [3.8, 4) is 0 Å². The molecule has 2 aliphatic rings. The summed E-state index contributed by atoms with van der Waals surface area (Å²) in [5.74, 6) is 1.58. The van der Waals surface area contributed by atoms with Crippen LogP contribution in [-0.4, -0.2) is 6.17 Å². The molecule has 1 atom stereocenters. The average Bonchev–Trinajstić information content (AvgIpc) is 2.69. The zero-order valence-corrected chi connectivity index (χ0v) is 16.4. The van der Waals surface area contributed by atoms with Crippen LogP contribution >= 0.6 is 0 Å². The normalized spacial score (nSPS) is 25.7. The van der Waals surface area contributed by atoms with Gasteiger partial charge < -0.3 is 0 Å². The third-order valence-corrected chi connectivity index (χ3v) is 6.35. The van der Waals surface area contributed by atoms with Crippen LogP contribution in [0.25, 0.3) is 11.1 Å². The molecular formula is C26H29F. The third-order valence-electron chi connectivity index (χ3n) is 6.35. The second-order valence-electron chi connectivity index (χ2n) is 8.43. The predicted molar refractivity (Wildman–Crippen MR) is 113 cm³/mol. The van der Waals surface area contributed by atoms with Crippen LogP contribution < -0.4 is 0 Å². The van der Waals surface area contributed by atoms with E-state index in [2.05, 4.69) is 44.2 Å². The number of alkyl halides is 1. The molecule has 140 valence electrons. The molecule has 0 nitrogen and oxygen atoms in total. The summed E-state index contributed by atoms with van der Waals surface area (Å²) in [6.45, 7) is 4.42. The molecule has 0 amide bonds. The molecule has 0 bridgehead atoms. The van der Waals surface area contributed by atoms with Gasteiger partial charge in [-0.05, 0) is 59.4 Å². The van der Waals surface area contributed by atoms with Crippen LogP contribution in [0.15, 0.2) is 60.7 Å². The van der Waals surface area contributed by atoms with Gasteiger partial charge in [0.25, 0.3) is 0 Å². The molecule has 0 saturated heterocycles. The first kappa shape index (κ1) is 18.2. The molecule has 0 N–H and O–H groups in total. The Hall–Kier alpha value is -2.15. The largest absolute Gasteiger partial charge is 0.242 e. The van der Waals surface area contributed by atoms with Crippen molar-refractivity contribution in [3.63, 3.8) is 0 Å². The molecule has 1 heteroatoms. The van der Waals surface area contributed by atoms with E-state index in [1.165, 1.54) is 36.8 Å². The lowest BCUT2D eigenvalue weighted by molar-refractivity contribution is 0.348. The van der Waals surface area contributed by atoms with Crippen molar-refractivity contribution in [1.29, 1.82) is 0 Å². The van der Waals surface area contributed by atoms with Crippen LogP contribution in [-0.2, 0) is 0 Å². The summed E-state index contributed by atoms with van der Waals surface area (Å²) in [5, 5.41) is 0. The van der Waals surface area contributed by atoms with Gasteiger partial charge in [-0.2, -0.15) is 0 Å². The zero-order valence-electron chi connectivity index (χ0n) is 16.4. The second kappa shape index (κ2) is 7.84. The number of benzene rings is 2. The summed E-state index contributed by atoms with van der Waals surface area (Å²) in [4.78, 5) is 0. The van der Waals surface area contributed by atoms with E-state index >= 15 is 0 Å². The highest BCUT2D eigenvalue weighted by Crippen LogP contribution is 2.37. The molecule has 0 radical (unpaired) electrons. The van der Waals surface area contributed by atoms with E-state index < -0.39 is 6.17 Å². The molecule has 27 heavy (non-hydrogen) atoms. The summed E-state index contributed by atoms with van der Waals surface area (Å²) < 4.78 is 14.9. The lowest BCUT2D eigenvalue weighted by Crippen LogP contribution is -2.11. The van der Waals surface area contributed by atoms with E-state index in [9.17, 15) is 4.39 Å². The number of hydrogen-bond donors (Lipinski definition) is 0. The summed E-state index contributed by atoms with van der Waals surface area (Å²) in [7, 11) is 0. The standard InChI is InChI=1S/C26H29F/c1-18-3-7-20(8-4-18)21-11-13-22(14-12-21)24-15-16-25(26(27)17-24)23-9-5-19(2)6-10-23/h5-6,9-16,18,20,26H,3-4,7-8,17H2,1-2H3. The Morgan fingerprint density at radius 1 is 0.778 bits per heavy atom. The van der Waals surface area contributed by atoms with E-state index in [0.29, 0.717) is 12.3 Å². The van der Waals surface area contributed by atoms with Gasteiger partial charge in [0.2, 0.25) is 0 Å². The smallest absolute Gasteiger partial charge is 0.130 e. The van der Waals surface area contributed by atoms with Crippen molar-refractivity contribution >= 4 is 11.1 Å². The highest BCUT2D eigenvalue weighted by molar-refractivity contribution is 5.80. The van der Waals surface area contributed by atoms with Gasteiger partial charge in [0.15, 0.2) is 0 Å². The minimum Gasteiger partial charge on any atom is -0.242 e. The van der Waals surface area contributed by atoms with E-state index in [1.54, 1.807) is 0 Å². The fraction of sp³-hybridized carbons (Fsp3) is 0.385. The maximum atomic E-state index is 14.9. The molecule has 2 aromatic carbocycles. The van der Waals surface area contributed by atoms with Gasteiger partial charge in [-0.15, -0.1) is 0 Å². The highest BCUT2D eigenvalue weighted by Gasteiger charge is 2.22. The minimum absolute atomic E-state index is 0.458. The van der Waals surface area contributed by atoms with Crippen molar-refractivity contribution in [2.75, 3.05) is 0 Å². The first-order valence-electron chi connectivity index (χ1n) is 10.3. The average molecular weight is 361 g/mol. The van der Waals surface area contributed by atoms with Crippen molar-refractivity contribution in [1.82, 2.24) is 0 Å². The Bertz CT molecular complexity index is 831. The first-order valence-corrected chi connectivity index (χ1v) is 10.3. The first-order chi connectivity index (χ1) is 13.1. The van der Waals surface area contributed by atoms with E-state index in [0.717, 1.165) is 28.2 Å². The molecule has 1 saturated carbocycles. The number of halogens is 1. The molecule has 2 aliphatic carbocycles. The Balaban J connectivity index is 1.51. The zero-order chi connectivity index (χ0) is 18.8. The SMILES string of the molecule is Cc1ccc(C2=CC=C(c3ccc(C4CCC(C)CC4)cc3)CC2F)cc1. The minimum atomic E-state index is -0.938. The van der Waals surface area contributed by atoms with Gasteiger partial charge in [-0.25, -0.2) is 4.39 Å². The highest BCUT2D eigenvalue weighted by atomic mass is 19.1. The lowest BCUT2D eigenvalue weighted by atomic mass is 9.79. The van der Waals surface area contributed by atoms with Crippen LogP contribution in [0.3, 0.4) is 0 Å². The summed E-state index contributed by atoms with van der Waals surface area (Å²) in [6, 6.07) is 17.1. The van der Waals surface area contributed by atoms with Gasteiger partial charge in [-0.3, -0.25) is 0 Å². The van der Waals surface area contributed by atoms with Crippen molar-refractivity contribution in [2.24, 2.45) is 5.92 Å². The summed E-state index contributed by atoms with van der Waals surface area (Å²) in [5.41, 5.74) is 6.70. The van der Waals surface area contributed by atoms with Gasteiger partial charge in [0.05, 0.1) is 0 Å². The van der Waals surface area contributed by atoms with E-state index in [-0.39, 0.29) is 0 Å². The molecule has 0 heterocycles. The van der Waals surface area contributed by atoms with Gasteiger partial charge in [-0.1, -0.05) is 86.0 Å². The van der Waals surface area contributed by atoms with Crippen LogP contribution in [0.1, 0.15) is 67.2 Å². The Morgan fingerprint density at radius 2 is 1.41 bits per heavy atom. The fourth-order valence-corrected chi connectivity index (χ4v) is 4.47. The molecule has 1 unspecified atom stereocenters. The topological polar surface area (TPSA) is 0 Å². The Kier molecular flexibility index (Phi) is 5.29. The molecule has 0 aliphatic heterocycles. The van der Waals surface area contributed by atoms with Gasteiger partial charge in [0.1, 0.15) is 6.17 Å². The van der Waals surface area contributed by atoms with E-state index in [1.807, 2.05) is 30.3 Å². The van der Waals surface area contributed by atoms with Crippen molar-refractivity contribution in [3.05, 3.63) is 82.9 Å². The molecule has 1 fully saturated rings. The number of rotatable bonds is 3.